The van der Waals surface area contributed by atoms with Gasteiger partial charge in [0, 0.05) is 10.7 Å². The van der Waals surface area contributed by atoms with E-state index in [1.54, 1.807) is 6.07 Å². The maximum atomic E-state index is 12.5. The van der Waals surface area contributed by atoms with Crippen LogP contribution >= 0.6 is 27.5 Å². The molecule has 0 fully saturated rings. The van der Waals surface area contributed by atoms with Crippen molar-refractivity contribution in [3.05, 3.63) is 51.6 Å². The molecule has 2 aromatic rings. The number of nitrogens with one attached hydrogen (secondary N) is 2. The maximum Gasteiger partial charge on any atom is 0.417 e. The van der Waals surface area contributed by atoms with Gasteiger partial charge < -0.3 is 0 Å². The van der Waals surface area contributed by atoms with Gasteiger partial charge in [-0.2, -0.15) is 13.2 Å². The van der Waals surface area contributed by atoms with Gasteiger partial charge in [0.25, 0.3) is 10.0 Å². The monoisotopic (exact) mass is 429 g/mol. The van der Waals surface area contributed by atoms with E-state index in [9.17, 15) is 21.6 Å². The van der Waals surface area contributed by atoms with Crippen molar-refractivity contribution >= 4 is 43.4 Å². The quantitative estimate of drug-likeness (QED) is 0.724. The summed E-state index contributed by atoms with van der Waals surface area (Å²) in [7, 11) is -3.95. The van der Waals surface area contributed by atoms with Crippen molar-refractivity contribution in [3.63, 3.8) is 0 Å². The third kappa shape index (κ3) is 4.56. The summed E-state index contributed by atoms with van der Waals surface area (Å²) in [6, 6.07) is 6.50. The van der Waals surface area contributed by atoms with Crippen LogP contribution in [-0.2, 0) is 16.2 Å². The topological polar surface area (TPSA) is 71.1 Å². The number of nitrogens with zero attached hydrogens (tertiary/aromatic N) is 1. The van der Waals surface area contributed by atoms with Gasteiger partial charge in [-0.1, -0.05) is 33.6 Å². The molecule has 0 atom stereocenters. The highest BCUT2D eigenvalue weighted by atomic mass is 79.9. The van der Waals surface area contributed by atoms with E-state index in [-0.39, 0.29) is 15.7 Å². The second kappa shape index (κ2) is 6.63. The third-order valence-corrected chi connectivity index (χ3v) is 4.61. The smallest absolute Gasteiger partial charge is 0.291 e. The SMILES string of the molecule is O=S(=O)(NNc1ncc(C(F)(F)F)cc1Cl)c1cccc(Br)c1. The Balaban J connectivity index is 2.18. The molecule has 0 amide bonds. The predicted octanol–water partition coefficient (Wildman–Crippen LogP) is 3.82. The number of hydrogen-bond donors (Lipinski definition) is 2. The first-order valence-corrected chi connectivity index (χ1v) is 8.51. The molecule has 1 heterocycles. The number of pyridine rings is 1. The summed E-state index contributed by atoms with van der Waals surface area (Å²) < 4.78 is 62.1. The van der Waals surface area contributed by atoms with E-state index in [1.807, 2.05) is 4.83 Å². The van der Waals surface area contributed by atoms with Gasteiger partial charge in [0.2, 0.25) is 0 Å². The van der Waals surface area contributed by atoms with E-state index in [4.69, 9.17) is 11.6 Å². The Morgan fingerprint density at radius 2 is 1.91 bits per heavy atom. The molecule has 0 bridgehead atoms. The van der Waals surface area contributed by atoms with E-state index < -0.39 is 21.8 Å². The van der Waals surface area contributed by atoms with E-state index in [1.165, 1.54) is 18.2 Å². The molecule has 0 saturated heterocycles. The molecule has 0 saturated carbocycles. The van der Waals surface area contributed by atoms with Gasteiger partial charge >= 0.3 is 6.18 Å². The van der Waals surface area contributed by atoms with Crippen LogP contribution in [0.2, 0.25) is 5.02 Å². The molecule has 2 rings (SSSR count). The summed E-state index contributed by atoms with van der Waals surface area (Å²) >= 11 is 8.80. The Bertz CT molecular complexity index is 831. The van der Waals surface area contributed by atoms with E-state index in [0.717, 1.165) is 0 Å². The van der Waals surface area contributed by atoms with Gasteiger partial charge in [-0.25, -0.2) is 13.4 Å². The molecular weight excluding hydrogens is 423 g/mol. The zero-order valence-corrected chi connectivity index (χ0v) is 14.2. The number of hydrogen-bond acceptors (Lipinski definition) is 4. The standard InChI is InChI=1S/C12H8BrClF3N3O2S/c13-8-2-1-3-9(5-8)23(21,22)20-19-11-10(14)4-7(6-18-11)12(15,16)17/h1-6,20H,(H,18,19). The minimum atomic E-state index is -4.59. The summed E-state index contributed by atoms with van der Waals surface area (Å²) in [5.41, 5.74) is 1.15. The Hall–Kier alpha value is -1.36. The number of hydrazine groups is 1. The zero-order valence-electron chi connectivity index (χ0n) is 11.0. The van der Waals surface area contributed by atoms with Crippen LogP contribution in [0.1, 0.15) is 5.56 Å². The van der Waals surface area contributed by atoms with E-state index >= 15 is 0 Å². The zero-order chi connectivity index (χ0) is 17.3. The van der Waals surface area contributed by atoms with Crippen molar-refractivity contribution < 1.29 is 21.6 Å². The van der Waals surface area contributed by atoms with Crippen LogP contribution in [0.3, 0.4) is 0 Å². The van der Waals surface area contributed by atoms with Crippen molar-refractivity contribution in [2.75, 3.05) is 5.43 Å². The lowest BCUT2D eigenvalue weighted by Gasteiger charge is -2.12. The summed E-state index contributed by atoms with van der Waals surface area (Å²) in [4.78, 5) is 5.40. The molecule has 5 nitrogen and oxygen atoms in total. The molecule has 23 heavy (non-hydrogen) atoms. The van der Waals surface area contributed by atoms with Crippen LogP contribution in [-0.4, -0.2) is 13.4 Å². The molecule has 124 valence electrons. The summed E-state index contributed by atoms with van der Waals surface area (Å²) in [5.74, 6) is -0.252. The first-order chi connectivity index (χ1) is 10.6. The molecule has 0 aliphatic heterocycles. The Labute approximate surface area is 143 Å². The highest BCUT2D eigenvalue weighted by Gasteiger charge is 2.31. The molecule has 2 N–H and O–H groups in total. The number of halogens is 5. The lowest BCUT2D eigenvalue weighted by Crippen LogP contribution is -2.30. The number of alkyl halides is 3. The molecule has 0 radical (unpaired) electrons. The van der Waals surface area contributed by atoms with Gasteiger partial charge in [0.1, 0.15) is 0 Å². The Morgan fingerprint density at radius 1 is 1.22 bits per heavy atom. The summed E-state index contributed by atoms with van der Waals surface area (Å²) in [6.45, 7) is 0. The lowest BCUT2D eigenvalue weighted by atomic mass is 10.3. The van der Waals surface area contributed by atoms with E-state index in [0.29, 0.717) is 16.7 Å². The van der Waals surface area contributed by atoms with Crippen LogP contribution in [0.4, 0.5) is 19.0 Å². The molecule has 0 aliphatic rings. The molecular formula is C12H8BrClF3N3O2S. The normalized spacial score (nSPS) is 12.2. The first kappa shape index (κ1) is 18.0. The fourth-order valence-corrected chi connectivity index (χ4v) is 3.15. The summed E-state index contributed by atoms with van der Waals surface area (Å²) in [5, 5.41) is -0.378. The molecule has 1 aromatic carbocycles. The van der Waals surface area contributed by atoms with Crippen molar-refractivity contribution in [3.8, 4) is 0 Å². The highest BCUT2D eigenvalue weighted by molar-refractivity contribution is 9.10. The van der Waals surface area contributed by atoms with Crippen LogP contribution in [0.15, 0.2) is 45.9 Å². The van der Waals surface area contributed by atoms with Gasteiger partial charge in [-0.05, 0) is 24.3 Å². The lowest BCUT2D eigenvalue weighted by molar-refractivity contribution is -0.137. The van der Waals surface area contributed by atoms with Gasteiger partial charge in [0.05, 0.1) is 15.5 Å². The maximum absolute atomic E-state index is 12.5. The van der Waals surface area contributed by atoms with Crippen molar-refractivity contribution in [1.29, 1.82) is 0 Å². The van der Waals surface area contributed by atoms with Crippen LogP contribution in [0.25, 0.3) is 0 Å². The van der Waals surface area contributed by atoms with Crippen molar-refractivity contribution in [1.82, 2.24) is 9.82 Å². The Morgan fingerprint density at radius 3 is 2.48 bits per heavy atom. The molecule has 1 aromatic heterocycles. The van der Waals surface area contributed by atoms with Gasteiger partial charge in [0.15, 0.2) is 5.82 Å². The predicted molar refractivity (Wildman–Crippen MR) is 82.3 cm³/mol. The number of aromatic nitrogens is 1. The van der Waals surface area contributed by atoms with Crippen molar-refractivity contribution in [2.24, 2.45) is 0 Å². The number of benzene rings is 1. The second-order valence-corrected chi connectivity index (χ2v) is 7.25. The molecule has 11 heteroatoms. The fourth-order valence-electron chi connectivity index (χ4n) is 1.49. The number of anilines is 1. The van der Waals surface area contributed by atoms with Gasteiger partial charge in [-0.3, -0.25) is 5.43 Å². The second-order valence-electron chi connectivity index (χ2n) is 4.24. The summed E-state index contributed by atoms with van der Waals surface area (Å²) in [6.07, 6.45) is -4.05. The van der Waals surface area contributed by atoms with Crippen LogP contribution in [0, 0.1) is 0 Å². The Kier molecular flexibility index (Phi) is 5.19. The third-order valence-electron chi connectivity index (χ3n) is 2.58. The number of rotatable bonds is 4. The minimum Gasteiger partial charge on any atom is -0.291 e. The average molecular weight is 431 g/mol. The molecule has 0 unspecified atom stereocenters. The van der Waals surface area contributed by atoms with Crippen molar-refractivity contribution in [2.45, 2.75) is 11.1 Å². The minimum absolute atomic E-state index is 0.0533. The fraction of sp³-hybridized carbons (Fsp3) is 0.0833. The molecule has 0 spiro atoms. The number of sulfonamides is 1. The van der Waals surface area contributed by atoms with Crippen LogP contribution in [0.5, 0.6) is 0 Å². The largest absolute Gasteiger partial charge is 0.417 e. The van der Waals surface area contributed by atoms with Crippen LogP contribution < -0.4 is 10.3 Å². The van der Waals surface area contributed by atoms with E-state index in [2.05, 4.69) is 26.3 Å². The van der Waals surface area contributed by atoms with Gasteiger partial charge in [-0.15, -0.1) is 4.83 Å². The average Bonchev–Trinajstić information content (AvgIpc) is 2.45. The molecule has 0 aliphatic carbocycles. The first-order valence-electron chi connectivity index (χ1n) is 5.86. The highest BCUT2D eigenvalue weighted by Crippen LogP contribution is 2.32.